The summed E-state index contributed by atoms with van der Waals surface area (Å²) in [6, 6.07) is 3.45. The minimum Gasteiger partial charge on any atom is -0.311 e. The number of sulfonamides is 1. The molecule has 0 N–H and O–H groups in total. The molecule has 138 valence electrons. The van der Waals surface area contributed by atoms with Crippen LogP contribution in [0.4, 0.5) is 5.69 Å². The smallest absolute Gasteiger partial charge is 0.243 e. The van der Waals surface area contributed by atoms with Gasteiger partial charge in [0.1, 0.15) is 0 Å². The van der Waals surface area contributed by atoms with Gasteiger partial charge in [0.25, 0.3) is 0 Å². The average molecular weight is 365 g/mol. The van der Waals surface area contributed by atoms with Gasteiger partial charge in [0.05, 0.1) is 16.0 Å². The first-order valence-corrected chi connectivity index (χ1v) is 10.5. The van der Waals surface area contributed by atoms with Gasteiger partial charge >= 0.3 is 0 Å². The summed E-state index contributed by atoms with van der Waals surface area (Å²) in [4.78, 5) is 14.8. The highest BCUT2D eigenvalue weighted by Crippen LogP contribution is 2.44. The fourth-order valence-electron chi connectivity index (χ4n) is 3.96. The van der Waals surface area contributed by atoms with Gasteiger partial charge in [-0.05, 0) is 69.7 Å². The van der Waals surface area contributed by atoms with Crippen LogP contribution in [0.15, 0.2) is 17.0 Å². The third-order valence-corrected chi connectivity index (χ3v) is 7.57. The van der Waals surface area contributed by atoms with Gasteiger partial charge in [-0.25, -0.2) is 8.42 Å². The van der Waals surface area contributed by atoms with Gasteiger partial charge in [-0.15, -0.1) is 0 Å². The lowest BCUT2D eigenvalue weighted by Crippen LogP contribution is -2.38. The number of carbonyl (C=O) groups excluding carboxylic acids is 1. The summed E-state index contributed by atoms with van der Waals surface area (Å²) in [5.74, 6) is 0.609. The number of aryl methyl sites for hydroxylation is 1. The minimum atomic E-state index is -3.52. The molecule has 1 aromatic carbocycles. The maximum atomic E-state index is 13.1. The first-order chi connectivity index (χ1) is 11.6. The molecule has 0 atom stereocenters. The quantitative estimate of drug-likeness (QED) is 0.828. The van der Waals surface area contributed by atoms with Crippen LogP contribution in [0.3, 0.4) is 0 Å². The van der Waals surface area contributed by atoms with E-state index in [1.807, 2.05) is 27.7 Å². The first kappa shape index (κ1) is 18.4. The van der Waals surface area contributed by atoms with Crippen LogP contribution >= 0.6 is 0 Å². The maximum Gasteiger partial charge on any atom is 0.243 e. The van der Waals surface area contributed by atoms with Crippen molar-refractivity contribution in [3.05, 3.63) is 23.3 Å². The molecule has 1 amide bonds. The summed E-state index contributed by atoms with van der Waals surface area (Å²) >= 11 is 0. The Morgan fingerprint density at radius 3 is 2.36 bits per heavy atom. The molecule has 2 aliphatic heterocycles. The van der Waals surface area contributed by atoms with Gasteiger partial charge in [0.15, 0.2) is 0 Å². The van der Waals surface area contributed by atoms with E-state index < -0.39 is 15.4 Å². The highest BCUT2D eigenvalue weighted by atomic mass is 32.2. The van der Waals surface area contributed by atoms with Gasteiger partial charge in [-0.1, -0.05) is 6.92 Å². The Kier molecular flexibility index (Phi) is 4.48. The second-order valence-corrected chi connectivity index (χ2v) is 9.84. The van der Waals surface area contributed by atoms with E-state index in [4.69, 9.17) is 0 Å². The Morgan fingerprint density at radius 1 is 1.20 bits per heavy atom. The number of hydrogen-bond donors (Lipinski definition) is 0. The van der Waals surface area contributed by atoms with E-state index in [9.17, 15) is 13.2 Å². The molecule has 2 heterocycles. The van der Waals surface area contributed by atoms with Gasteiger partial charge in [0.2, 0.25) is 15.9 Å². The van der Waals surface area contributed by atoms with Crippen molar-refractivity contribution in [3.8, 4) is 0 Å². The number of anilines is 1. The number of nitrogens with zero attached hydrogens (tertiary/aromatic N) is 2. The summed E-state index contributed by atoms with van der Waals surface area (Å²) in [6.07, 6.45) is 1.80. The van der Waals surface area contributed by atoms with Gasteiger partial charge in [0, 0.05) is 19.6 Å². The Bertz CT molecular complexity index is 806. The van der Waals surface area contributed by atoms with Gasteiger partial charge in [-0.3, -0.25) is 4.79 Å². The third-order valence-electron chi connectivity index (χ3n) is 5.69. The Labute approximate surface area is 151 Å². The second-order valence-electron chi connectivity index (χ2n) is 7.90. The molecular weight excluding hydrogens is 336 g/mol. The number of fused-ring (bicyclic) bond motifs is 1. The van der Waals surface area contributed by atoms with Crippen molar-refractivity contribution in [1.82, 2.24) is 4.31 Å². The molecule has 2 aliphatic rings. The minimum absolute atomic E-state index is 0.0365. The molecule has 0 aliphatic carbocycles. The van der Waals surface area contributed by atoms with E-state index in [1.165, 1.54) is 0 Å². The molecule has 3 rings (SSSR count). The van der Waals surface area contributed by atoms with Crippen LogP contribution in [0.5, 0.6) is 0 Å². The SMILES string of the molecule is CCN1C(=O)C(C)(C)c2cc(S(=O)(=O)N3CCC(C)CC3)cc(C)c21. The molecular formula is C19H28N2O3S. The van der Waals surface area contributed by atoms with Crippen molar-refractivity contribution in [2.75, 3.05) is 24.5 Å². The topological polar surface area (TPSA) is 57.7 Å². The number of amides is 1. The van der Waals surface area contributed by atoms with Crippen LogP contribution in [0.2, 0.25) is 0 Å². The van der Waals surface area contributed by atoms with Gasteiger partial charge in [-0.2, -0.15) is 4.31 Å². The summed E-state index contributed by atoms with van der Waals surface area (Å²) < 4.78 is 27.8. The lowest BCUT2D eigenvalue weighted by Gasteiger charge is -2.30. The number of piperidine rings is 1. The van der Waals surface area contributed by atoms with E-state index in [1.54, 1.807) is 21.3 Å². The summed E-state index contributed by atoms with van der Waals surface area (Å²) in [7, 11) is -3.52. The molecule has 1 saturated heterocycles. The average Bonchev–Trinajstić information content (AvgIpc) is 2.75. The van der Waals surface area contributed by atoms with Crippen LogP contribution < -0.4 is 4.90 Å². The zero-order chi connectivity index (χ0) is 18.6. The summed E-state index contributed by atoms with van der Waals surface area (Å²) in [6.45, 7) is 11.5. The van der Waals surface area contributed by atoms with E-state index in [0.717, 1.165) is 29.7 Å². The largest absolute Gasteiger partial charge is 0.311 e. The van der Waals surface area contributed by atoms with E-state index >= 15 is 0 Å². The predicted octanol–water partition coefficient (Wildman–Crippen LogP) is 3.06. The lowest BCUT2D eigenvalue weighted by molar-refractivity contribution is -0.122. The van der Waals surface area contributed by atoms with Crippen LogP contribution in [0.25, 0.3) is 0 Å². The zero-order valence-electron chi connectivity index (χ0n) is 15.8. The normalized spacial score (nSPS) is 21.6. The molecule has 0 bridgehead atoms. The lowest BCUT2D eigenvalue weighted by atomic mass is 9.85. The maximum absolute atomic E-state index is 13.1. The van der Waals surface area contributed by atoms with Crippen molar-refractivity contribution in [2.45, 2.75) is 57.8 Å². The number of hydrogen-bond acceptors (Lipinski definition) is 3. The molecule has 0 saturated carbocycles. The van der Waals surface area contributed by atoms with E-state index in [0.29, 0.717) is 30.4 Å². The third kappa shape index (κ3) is 2.79. The van der Waals surface area contributed by atoms with Crippen LogP contribution in [0.1, 0.15) is 51.7 Å². The summed E-state index contributed by atoms with van der Waals surface area (Å²) in [5, 5.41) is 0. The summed E-state index contributed by atoms with van der Waals surface area (Å²) in [5.41, 5.74) is 1.85. The molecule has 6 heteroatoms. The molecule has 0 aromatic heterocycles. The number of rotatable bonds is 3. The van der Waals surface area contributed by atoms with E-state index in [-0.39, 0.29) is 5.91 Å². The number of benzene rings is 1. The predicted molar refractivity (Wildman–Crippen MR) is 99.4 cm³/mol. The fourth-order valence-corrected chi connectivity index (χ4v) is 5.54. The van der Waals surface area contributed by atoms with Crippen molar-refractivity contribution in [2.24, 2.45) is 5.92 Å². The molecule has 1 fully saturated rings. The monoisotopic (exact) mass is 364 g/mol. The molecule has 25 heavy (non-hydrogen) atoms. The molecule has 0 radical (unpaired) electrons. The molecule has 5 nitrogen and oxygen atoms in total. The van der Waals surface area contributed by atoms with Crippen LogP contribution in [-0.4, -0.2) is 38.3 Å². The number of carbonyl (C=O) groups is 1. The first-order valence-electron chi connectivity index (χ1n) is 9.08. The standard InChI is InChI=1S/C19H28N2O3S/c1-6-21-17-14(3)11-15(12-16(17)19(4,5)18(21)22)25(23,24)20-9-7-13(2)8-10-20/h11-13H,6-10H2,1-5H3. The Morgan fingerprint density at radius 2 is 1.80 bits per heavy atom. The van der Waals surface area contributed by atoms with Crippen LogP contribution in [-0.2, 0) is 20.2 Å². The van der Waals surface area contributed by atoms with Crippen molar-refractivity contribution >= 4 is 21.6 Å². The van der Waals surface area contributed by atoms with Gasteiger partial charge < -0.3 is 4.90 Å². The highest BCUT2D eigenvalue weighted by molar-refractivity contribution is 7.89. The number of likely N-dealkylation sites (N-methyl/N-ethyl adjacent to an activating group) is 1. The molecule has 0 spiro atoms. The Hall–Kier alpha value is -1.40. The second kappa shape index (κ2) is 6.09. The zero-order valence-corrected chi connectivity index (χ0v) is 16.6. The Balaban J connectivity index is 2.08. The highest BCUT2D eigenvalue weighted by Gasteiger charge is 2.45. The fraction of sp³-hybridized carbons (Fsp3) is 0.632. The van der Waals surface area contributed by atoms with Crippen molar-refractivity contribution in [1.29, 1.82) is 0 Å². The van der Waals surface area contributed by atoms with Crippen molar-refractivity contribution in [3.63, 3.8) is 0 Å². The van der Waals surface area contributed by atoms with Crippen LogP contribution in [0, 0.1) is 12.8 Å². The van der Waals surface area contributed by atoms with Crippen molar-refractivity contribution < 1.29 is 13.2 Å². The van der Waals surface area contributed by atoms with E-state index in [2.05, 4.69) is 6.92 Å². The molecule has 1 aromatic rings. The molecule has 0 unspecified atom stereocenters.